The first kappa shape index (κ1) is 28.4. The van der Waals surface area contributed by atoms with Gasteiger partial charge in [0.1, 0.15) is 17.6 Å². The zero-order valence-electron chi connectivity index (χ0n) is 21.7. The van der Waals surface area contributed by atoms with Gasteiger partial charge in [0.05, 0.1) is 19.1 Å². The second-order valence-corrected chi connectivity index (χ2v) is 11.3. The van der Waals surface area contributed by atoms with Gasteiger partial charge in [-0.05, 0) is 44.4 Å². The fourth-order valence-electron chi connectivity index (χ4n) is 4.60. The highest BCUT2D eigenvalue weighted by atomic mass is 32.2. The topological polar surface area (TPSA) is 96.0 Å². The van der Waals surface area contributed by atoms with E-state index in [9.17, 15) is 22.4 Å². The van der Waals surface area contributed by atoms with E-state index >= 15 is 0 Å². The second-order valence-electron chi connectivity index (χ2n) is 9.39. The van der Waals surface area contributed by atoms with E-state index in [0.29, 0.717) is 17.0 Å². The summed E-state index contributed by atoms with van der Waals surface area (Å²) in [6.45, 7) is 1.62. The number of ether oxygens (including phenoxy) is 1. The van der Waals surface area contributed by atoms with E-state index in [4.69, 9.17) is 4.74 Å². The van der Waals surface area contributed by atoms with Crippen molar-refractivity contribution in [2.45, 2.75) is 64.1 Å². The van der Waals surface area contributed by atoms with Crippen molar-refractivity contribution in [3.05, 3.63) is 59.9 Å². The molecule has 2 aromatic rings. The normalized spacial score (nSPS) is 14.7. The fraction of sp³-hybridized carbons (Fsp3) is 0.481. The molecule has 0 spiro atoms. The Kier molecular flexibility index (Phi) is 9.91. The summed E-state index contributed by atoms with van der Waals surface area (Å²) in [6, 6.07) is 12.2. The molecule has 10 heteroatoms. The third kappa shape index (κ3) is 7.67. The molecule has 0 aliphatic heterocycles. The molecule has 0 unspecified atom stereocenters. The smallest absolute Gasteiger partial charge is 0.242 e. The van der Waals surface area contributed by atoms with Gasteiger partial charge < -0.3 is 15.0 Å². The van der Waals surface area contributed by atoms with Gasteiger partial charge in [-0.25, -0.2) is 12.8 Å². The van der Waals surface area contributed by atoms with Crippen LogP contribution in [0.4, 0.5) is 10.1 Å². The summed E-state index contributed by atoms with van der Waals surface area (Å²) in [6.07, 6.45) is 5.21. The summed E-state index contributed by atoms with van der Waals surface area (Å²) < 4.78 is 46.0. The monoisotopic (exact) mass is 533 g/mol. The Morgan fingerprint density at radius 1 is 1.11 bits per heavy atom. The van der Waals surface area contributed by atoms with Gasteiger partial charge in [-0.1, -0.05) is 43.2 Å². The van der Waals surface area contributed by atoms with Gasteiger partial charge in [0, 0.05) is 31.1 Å². The number of carbonyl (C=O) groups excluding carboxylic acids is 2. The first-order valence-electron chi connectivity index (χ1n) is 12.6. The number of hydrogen-bond donors (Lipinski definition) is 1. The molecule has 0 heterocycles. The van der Waals surface area contributed by atoms with E-state index in [1.807, 2.05) is 0 Å². The van der Waals surface area contributed by atoms with Crippen molar-refractivity contribution in [2.75, 3.05) is 24.2 Å². The van der Waals surface area contributed by atoms with Crippen molar-refractivity contribution in [3.8, 4) is 5.75 Å². The van der Waals surface area contributed by atoms with Crippen LogP contribution in [0.25, 0.3) is 0 Å². The molecular weight excluding hydrogens is 497 g/mol. The summed E-state index contributed by atoms with van der Waals surface area (Å²) in [5.41, 5.74) is 0.690. The zero-order chi connectivity index (χ0) is 27.0. The summed E-state index contributed by atoms with van der Waals surface area (Å²) in [5, 5.41) is 3.01. The van der Waals surface area contributed by atoms with Gasteiger partial charge in [-0.15, -0.1) is 0 Å². The molecule has 3 rings (SSSR count). The van der Waals surface area contributed by atoms with Gasteiger partial charge in [0.25, 0.3) is 0 Å². The Balaban J connectivity index is 1.74. The van der Waals surface area contributed by atoms with E-state index in [0.717, 1.165) is 31.9 Å². The number of para-hydroxylation sites is 2. The lowest BCUT2D eigenvalue weighted by molar-refractivity contribution is -0.141. The Morgan fingerprint density at radius 2 is 1.76 bits per heavy atom. The molecule has 2 amide bonds. The molecular formula is C27H36FN3O5S. The average molecular weight is 534 g/mol. The summed E-state index contributed by atoms with van der Waals surface area (Å²) in [7, 11) is -2.19. The lowest BCUT2D eigenvalue weighted by Crippen LogP contribution is -2.49. The van der Waals surface area contributed by atoms with Gasteiger partial charge in [-0.3, -0.25) is 13.9 Å². The van der Waals surface area contributed by atoms with Crippen LogP contribution in [0.1, 0.15) is 51.0 Å². The van der Waals surface area contributed by atoms with Crippen LogP contribution in [0.15, 0.2) is 48.5 Å². The number of sulfonamides is 1. The van der Waals surface area contributed by atoms with Crippen LogP contribution in [-0.2, 0) is 26.2 Å². The molecule has 1 saturated carbocycles. The van der Waals surface area contributed by atoms with Gasteiger partial charge in [-0.2, -0.15) is 0 Å². The zero-order valence-corrected chi connectivity index (χ0v) is 22.5. The molecule has 1 fully saturated rings. The Bertz CT molecular complexity index is 1180. The third-order valence-electron chi connectivity index (χ3n) is 6.67. The molecule has 1 aliphatic carbocycles. The van der Waals surface area contributed by atoms with Gasteiger partial charge in [0.15, 0.2) is 0 Å². The minimum atomic E-state index is -3.65. The van der Waals surface area contributed by atoms with Crippen molar-refractivity contribution in [1.82, 2.24) is 10.2 Å². The first-order chi connectivity index (χ1) is 17.6. The van der Waals surface area contributed by atoms with Crippen molar-refractivity contribution in [1.29, 1.82) is 0 Å². The molecule has 37 heavy (non-hydrogen) atoms. The first-order valence-corrected chi connectivity index (χ1v) is 14.4. The number of anilines is 1. The molecule has 0 aromatic heterocycles. The number of carbonyl (C=O) groups is 2. The minimum Gasteiger partial charge on any atom is -0.495 e. The molecule has 0 bridgehead atoms. The quantitative estimate of drug-likeness (QED) is 0.447. The molecule has 1 N–H and O–H groups in total. The third-order valence-corrected chi connectivity index (χ3v) is 7.85. The molecule has 8 nitrogen and oxygen atoms in total. The Labute approximate surface area is 218 Å². The Hall–Kier alpha value is -3.14. The highest BCUT2D eigenvalue weighted by Gasteiger charge is 2.29. The molecule has 0 radical (unpaired) electrons. The van der Waals surface area contributed by atoms with E-state index < -0.39 is 21.9 Å². The number of methoxy groups -OCH3 is 1. The summed E-state index contributed by atoms with van der Waals surface area (Å²) in [5.74, 6) is -0.685. The lowest BCUT2D eigenvalue weighted by atomic mass is 10.1. The van der Waals surface area contributed by atoms with Crippen molar-refractivity contribution < 1.29 is 27.1 Å². The fourth-order valence-corrected chi connectivity index (χ4v) is 5.57. The number of nitrogens with one attached hydrogen (secondary N) is 1. The maximum absolute atomic E-state index is 14.4. The van der Waals surface area contributed by atoms with E-state index in [-0.39, 0.29) is 43.8 Å². The predicted molar refractivity (Wildman–Crippen MR) is 141 cm³/mol. The maximum Gasteiger partial charge on any atom is 0.242 e. The molecule has 1 aliphatic rings. The van der Waals surface area contributed by atoms with Crippen LogP contribution in [0.3, 0.4) is 0 Å². The van der Waals surface area contributed by atoms with Crippen molar-refractivity contribution in [3.63, 3.8) is 0 Å². The lowest BCUT2D eigenvalue weighted by Gasteiger charge is -2.30. The number of nitrogens with zero attached hydrogens (tertiary/aromatic N) is 2. The largest absolute Gasteiger partial charge is 0.495 e. The van der Waals surface area contributed by atoms with Crippen LogP contribution in [-0.4, -0.2) is 57.1 Å². The van der Waals surface area contributed by atoms with Crippen LogP contribution < -0.4 is 14.4 Å². The van der Waals surface area contributed by atoms with Crippen LogP contribution in [0, 0.1) is 5.82 Å². The summed E-state index contributed by atoms with van der Waals surface area (Å²) in [4.78, 5) is 27.7. The number of hydrogen-bond acceptors (Lipinski definition) is 5. The van der Waals surface area contributed by atoms with Gasteiger partial charge in [0.2, 0.25) is 21.8 Å². The van der Waals surface area contributed by atoms with E-state index in [1.165, 1.54) is 22.4 Å². The number of rotatable bonds is 12. The van der Waals surface area contributed by atoms with E-state index in [2.05, 4.69) is 5.32 Å². The maximum atomic E-state index is 14.4. The number of amides is 2. The van der Waals surface area contributed by atoms with Crippen LogP contribution in [0.2, 0.25) is 0 Å². The summed E-state index contributed by atoms with van der Waals surface area (Å²) >= 11 is 0. The minimum absolute atomic E-state index is 0.0172. The molecule has 202 valence electrons. The Morgan fingerprint density at radius 3 is 2.41 bits per heavy atom. The highest BCUT2D eigenvalue weighted by Crippen LogP contribution is 2.30. The van der Waals surface area contributed by atoms with Crippen molar-refractivity contribution in [2.24, 2.45) is 0 Å². The van der Waals surface area contributed by atoms with Crippen LogP contribution >= 0.6 is 0 Å². The molecule has 2 aromatic carbocycles. The second kappa shape index (κ2) is 12.9. The number of halogens is 1. The SMILES string of the molecule is COc1ccccc1N(CCCC(=O)N(Cc1ccccc1F)[C@H](C)C(=O)NC1CCCC1)S(C)(=O)=O. The number of benzene rings is 2. The van der Waals surface area contributed by atoms with Crippen LogP contribution in [0.5, 0.6) is 5.75 Å². The average Bonchev–Trinajstić information content (AvgIpc) is 3.38. The molecule has 1 atom stereocenters. The van der Waals surface area contributed by atoms with E-state index in [1.54, 1.807) is 49.4 Å². The standard InChI is InChI=1S/C27H36FN3O5S/c1-20(27(33)29-22-12-5-6-13-22)30(19-21-11-4-7-14-23(21)28)26(32)17-10-18-31(37(3,34)35)24-15-8-9-16-25(24)36-2/h4,7-9,11,14-16,20,22H,5-6,10,12-13,17-19H2,1-3H3,(H,29,33)/t20-/m1/s1. The molecule has 0 saturated heterocycles. The highest BCUT2D eigenvalue weighted by molar-refractivity contribution is 7.92. The van der Waals surface area contributed by atoms with Crippen molar-refractivity contribution >= 4 is 27.5 Å². The predicted octanol–water partition coefficient (Wildman–Crippen LogP) is 3.86. The van der Waals surface area contributed by atoms with Gasteiger partial charge >= 0.3 is 0 Å².